The van der Waals surface area contributed by atoms with E-state index < -0.39 is 6.09 Å². The molecule has 1 atom stereocenters. The highest BCUT2D eigenvalue weighted by Gasteiger charge is 2.13. The third-order valence-electron chi connectivity index (χ3n) is 2.79. The molecule has 4 nitrogen and oxygen atoms in total. The summed E-state index contributed by atoms with van der Waals surface area (Å²) in [5.74, 6) is 0. The van der Waals surface area contributed by atoms with Gasteiger partial charge in [0.15, 0.2) is 0 Å². The van der Waals surface area contributed by atoms with Crippen LogP contribution in [0.1, 0.15) is 18.1 Å². The van der Waals surface area contributed by atoms with Crippen molar-refractivity contribution in [3.63, 3.8) is 0 Å². The van der Waals surface area contributed by atoms with E-state index in [9.17, 15) is 4.79 Å². The zero-order valence-electron chi connectivity index (χ0n) is 9.97. The highest BCUT2D eigenvalue weighted by Crippen LogP contribution is 2.23. The molecule has 17 heavy (non-hydrogen) atoms. The predicted molar refractivity (Wildman–Crippen MR) is 67.5 cm³/mol. The summed E-state index contributed by atoms with van der Waals surface area (Å²) in [6.45, 7) is 3.91. The first kappa shape index (κ1) is 11.7. The molecule has 0 saturated heterocycles. The minimum atomic E-state index is -0.963. The third kappa shape index (κ3) is 2.17. The summed E-state index contributed by atoms with van der Waals surface area (Å²) in [5, 5.41) is 10.1. The molecule has 1 aromatic heterocycles. The molecule has 0 unspecified atom stereocenters. The Kier molecular flexibility index (Phi) is 2.90. The maximum Gasteiger partial charge on any atom is 0.416 e. The van der Waals surface area contributed by atoms with Crippen LogP contribution >= 0.6 is 0 Å². The van der Waals surface area contributed by atoms with Gasteiger partial charge in [0, 0.05) is 17.6 Å². The Balaban J connectivity index is 2.66. The van der Waals surface area contributed by atoms with Crippen LogP contribution in [-0.2, 0) is 6.42 Å². The molecule has 0 spiro atoms. The van der Waals surface area contributed by atoms with Crippen LogP contribution in [0.15, 0.2) is 24.4 Å². The second-order valence-electron chi connectivity index (χ2n) is 4.51. The van der Waals surface area contributed by atoms with E-state index in [1.807, 2.05) is 32.0 Å². The van der Waals surface area contributed by atoms with Gasteiger partial charge in [-0.3, -0.25) is 4.57 Å². The third-order valence-corrected chi connectivity index (χ3v) is 2.79. The number of aryl methyl sites for hydroxylation is 1. The summed E-state index contributed by atoms with van der Waals surface area (Å²) in [4.78, 5) is 11.1. The van der Waals surface area contributed by atoms with Gasteiger partial charge in [-0.1, -0.05) is 11.6 Å². The van der Waals surface area contributed by atoms with E-state index in [0.717, 1.165) is 22.0 Å². The smallest absolute Gasteiger partial charge is 0.416 e. The normalized spacial score (nSPS) is 12.9. The lowest BCUT2D eigenvalue weighted by Gasteiger charge is -2.03. The Hall–Kier alpha value is -1.81. The Morgan fingerprint density at radius 1 is 1.53 bits per heavy atom. The van der Waals surface area contributed by atoms with Crippen LogP contribution in [0.2, 0.25) is 0 Å². The standard InChI is InChI=1S/C13H16N2O2/c1-8-3-4-12-11(5-8)10(6-9(2)14)7-15(12)13(16)17/h3-5,7,9H,6,14H2,1-2H3,(H,16,17)/t9-/m1/s1. The predicted octanol–water partition coefficient (Wildman–Crippen LogP) is 2.37. The zero-order chi connectivity index (χ0) is 12.6. The molecule has 1 aromatic carbocycles. The second-order valence-corrected chi connectivity index (χ2v) is 4.51. The average Bonchev–Trinajstić information content (AvgIpc) is 2.56. The Morgan fingerprint density at radius 2 is 2.24 bits per heavy atom. The summed E-state index contributed by atoms with van der Waals surface area (Å²) >= 11 is 0. The van der Waals surface area contributed by atoms with Gasteiger partial charge in [-0.2, -0.15) is 0 Å². The molecule has 0 radical (unpaired) electrons. The van der Waals surface area contributed by atoms with E-state index in [2.05, 4.69) is 0 Å². The van der Waals surface area contributed by atoms with E-state index >= 15 is 0 Å². The average molecular weight is 232 g/mol. The van der Waals surface area contributed by atoms with Crippen LogP contribution in [0.25, 0.3) is 10.9 Å². The Labute approximate surface area is 99.7 Å². The number of benzene rings is 1. The van der Waals surface area contributed by atoms with E-state index in [-0.39, 0.29) is 6.04 Å². The fourth-order valence-corrected chi connectivity index (χ4v) is 2.08. The molecular formula is C13H16N2O2. The van der Waals surface area contributed by atoms with E-state index in [1.54, 1.807) is 6.20 Å². The zero-order valence-corrected chi connectivity index (χ0v) is 9.97. The molecule has 0 bridgehead atoms. The lowest BCUT2D eigenvalue weighted by atomic mass is 10.1. The monoisotopic (exact) mass is 232 g/mol. The van der Waals surface area contributed by atoms with Crippen molar-refractivity contribution in [2.24, 2.45) is 5.73 Å². The molecule has 1 heterocycles. The summed E-state index contributed by atoms with van der Waals surface area (Å²) in [5.41, 5.74) is 8.61. The van der Waals surface area contributed by atoms with Gasteiger partial charge in [0.25, 0.3) is 0 Å². The minimum absolute atomic E-state index is 0.0170. The topological polar surface area (TPSA) is 68.2 Å². The molecule has 90 valence electrons. The molecule has 0 fully saturated rings. The largest absolute Gasteiger partial charge is 0.464 e. The van der Waals surface area contributed by atoms with Crippen molar-refractivity contribution >= 4 is 17.0 Å². The highest BCUT2D eigenvalue weighted by molar-refractivity contribution is 5.91. The number of hydrogen-bond acceptors (Lipinski definition) is 2. The Morgan fingerprint density at radius 3 is 2.82 bits per heavy atom. The highest BCUT2D eigenvalue weighted by atomic mass is 16.4. The Bertz CT molecular complexity index is 570. The fraction of sp³-hybridized carbons (Fsp3) is 0.308. The molecule has 3 N–H and O–H groups in total. The van der Waals surface area contributed by atoms with Crippen molar-refractivity contribution < 1.29 is 9.90 Å². The van der Waals surface area contributed by atoms with E-state index in [4.69, 9.17) is 10.8 Å². The van der Waals surface area contributed by atoms with Crippen molar-refractivity contribution in [1.29, 1.82) is 0 Å². The van der Waals surface area contributed by atoms with Crippen LogP contribution in [0, 0.1) is 6.92 Å². The molecule has 2 aromatic rings. The number of carboxylic acid groups (broad SMARTS) is 1. The van der Waals surface area contributed by atoms with E-state index in [1.165, 1.54) is 4.57 Å². The first-order valence-electron chi connectivity index (χ1n) is 5.58. The van der Waals surface area contributed by atoms with Crippen LogP contribution in [-0.4, -0.2) is 21.8 Å². The van der Waals surface area contributed by atoms with Gasteiger partial charge in [-0.15, -0.1) is 0 Å². The maximum atomic E-state index is 11.1. The van der Waals surface area contributed by atoms with Crippen molar-refractivity contribution in [3.8, 4) is 0 Å². The lowest BCUT2D eigenvalue weighted by Crippen LogP contribution is -2.17. The van der Waals surface area contributed by atoms with Gasteiger partial charge in [0.1, 0.15) is 0 Å². The number of fused-ring (bicyclic) bond motifs is 1. The van der Waals surface area contributed by atoms with Gasteiger partial charge in [0.05, 0.1) is 5.52 Å². The molecule has 0 saturated carbocycles. The summed E-state index contributed by atoms with van der Waals surface area (Å²) in [7, 11) is 0. The molecule has 2 rings (SSSR count). The summed E-state index contributed by atoms with van der Waals surface area (Å²) < 4.78 is 1.26. The number of hydrogen-bond donors (Lipinski definition) is 2. The van der Waals surface area contributed by atoms with Crippen molar-refractivity contribution in [2.75, 3.05) is 0 Å². The van der Waals surface area contributed by atoms with Crippen molar-refractivity contribution in [3.05, 3.63) is 35.5 Å². The second kappa shape index (κ2) is 4.22. The number of nitrogens with two attached hydrogens (primary N) is 1. The number of nitrogens with zero attached hydrogens (tertiary/aromatic N) is 1. The fourth-order valence-electron chi connectivity index (χ4n) is 2.08. The molecule has 0 amide bonds. The van der Waals surface area contributed by atoms with Crippen LogP contribution in [0.4, 0.5) is 4.79 Å². The van der Waals surface area contributed by atoms with Gasteiger partial charge >= 0.3 is 6.09 Å². The van der Waals surface area contributed by atoms with Crippen LogP contribution < -0.4 is 5.73 Å². The lowest BCUT2D eigenvalue weighted by molar-refractivity contribution is 0.197. The molecule has 0 aliphatic carbocycles. The van der Waals surface area contributed by atoms with Gasteiger partial charge in [0.2, 0.25) is 0 Å². The summed E-state index contributed by atoms with van der Waals surface area (Å²) in [6, 6.07) is 5.77. The number of rotatable bonds is 2. The van der Waals surface area contributed by atoms with Crippen molar-refractivity contribution in [2.45, 2.75) is 26.3 Å². The van der Waals surface area contributed by atoms with Gasteiger partial charge < -0.3 is 10.8 Å². The van der Waals surface area contributed by atoms with Crippen molar-refractivity contribution in [1.82, 2.24) is 4.57 Å². The first-order chi connectivity index (χ1) is 7.99. The first-order valence-corrected chi connectivity index (χ1v) is 5.58. The number of aromatic nitrogens is 1. The van der Waals surface area contributed by atoms with Crippen LogP contribution in [0.3, 0.4) is 0 Å². The molecule has 4 heteroatoms. The molecule has 0 aliphatic heterocycles. The number of carbonyl (C=O) groups is 1. The van der Waals surface area contributed by atoms with Gasteiger partial charge in [-0.05, 0) is 38.0 Å². The van der Waals surface area contributed by atoms with Gasteiger partial charge in [-0.25, -0.2) is 4.79 Å². The minimum Gasteiger partial charge on any atom is -0.464 e. The maximum absolute atomic E-state index is 11.1. The summed E-state index contributed by atoms with van der Waals surface area (Å²) in [6.07, 6.45) is 1.38. The van der Waals surface area contributed by atoms with Crippen LogP contribution in [0.5, 0.6) is 0 Å². The van der Waals surface area contributed by atoms with E-state index in [0.29, 0.717) is 6.42 Å². The quantitative estimate of drug-likeness (QED) is 0.835. The molecule has 0 aliphatic rings. The molecular weight excluding hydrogens is 216 g/mol. The SMILES string of the molecule is Cc1ccc2c(c1)c(C[C@@H](C)N)cn2C(=O)O.